The van der Waals surface area contributed by atoms with E-state index in [2.05, 4.69) is 11.4 Å². The van der Waals surface area contributed by atoms with E-state index in [0.717, 1.165) is 41.2 Å². The molecule has 4 heteroatoms. The summed E-state index contributed by atoms with van der Waals surface area (Å²) < 4.78 is 11.3. The zero-order valence-corrected chi connectivity index (χ0v) is 11.6. The molecule has 2 aliphatic heterocycles. The van der Waals surface area contributed by atoms with Gasteiger partial charge in [0.2, 0.25) is 5.91 Å². The fourth-order valence-corrected chi connectivity index (χ4v) is 2.42. The summed E-state index contributed by atoms with van der Waals surface area (Å²) in [5.74, 6) is 1.74. The summed E-state index contributed by atoms with van der Waals surface area (Å²) in [6.45, 7) is 7.07. The first-order chi connectivity index (χ1) is 8.97. The van der Waals surface area contributed by atoms with E-state index in [9.17, 15) is 4.79 Å². The van der Waals surface area contributed by atoms with E-state index >= 15 is 0 Å². The minimum Gasteiger partial charge on any atom is -0.493 e. The minimum atomic E-state index is -0.423. The number of fused-ring (bicyclic) bond motifs is 2. The fourth-order valence-electron chi connectivity index (χ4n) is 2.42. The Kier molecular flexibility index (Phi) is 2.69. The van der Waals surface area contributed by atoms with Crippen molar-refractivity contribution in [1.82, 2.24) is 0 Å². The molecule has 1 aromatic rings. The monoisotopic (exact) mass is 261 g/mol. The molecule has 0 bridgehead atoms. The molecule has 0 aromatic heterocycles. The highest BCUT2D eigenvalue weighted by Crippen LogP contribution is 2.44. The minimum absolute atomic E-state index is 0.00509. The van der Waals surface area contributed by atoms with Gasteiger partial charge in [-0.15, -0.1) is 0 Å². The molecule has 0 saturated carbocycles. The number of carbonyl (C=O) groups is 1. The third kappa shape index (κ3) is 2.05. The maximum atomic E-state index is 12.2. The van der Waals surface area contributed by atoms with Gasteiger partial charge in [0.25, 0.3) is 0 Å². The summed E-state index contributed by atoms with van der Waals surface area (Å²) in [6.07, 6.45) is 1.70. The number of rotatable bonds is 1. The van der Waals surface area contributed by atoms with Crippen LogP contribution < -0.4 is 14.8 Å². The number of carbonyl (C=O) groups excluding carboxylic acids is 1. The lowest BCUT2D eigenvalue weighted by Gasteiger charge is -2.20. The van der Waals surface area contributed by atoms with E-state index in [4.69, 9.17) is 9.47 Å². The summed E-state index contributed by atoms with van der Waals surface area (Å²) in [5, 5.41) is 3.04. The Balaban J connectivity index is 2.03. The number of amides is 1. The maximum Gasteiger partial charge on any atom is 0.229 e. The lowest BCUT2D eigenvalue weighted by atomic mass is 9.95. The zero-order valence-electron chi connectivity index (χ0n) is 11.6. The van der Waals surface area contributed by atoms with E-state index in [-0.39, 0.29) is 5.91 Å². The highest BCUT2D eigenvalue weighted by molar-refractivity contribution is 5.97. The van der Waals surface area contributed by atoms with Crippen LogP contribution in [0.1, 0.15) is 31.9 Å². The maximum absolute atomic E-state index is 12.2. The Morgan fingerprint density at radius 2 is 1.95 bits per heavy atom. The Morgan fingerprint density at radius 1 is 1.21 bits per heavy atom. The molecule has 1 N–H and O–H groups in total. The first-order valence-corrected chi connectivity index (χ1v) is 6.72. The number of ether oxygens (including phenoxy) is 2. The third-order valence-corrected chi connectivity index (χ3v) is 3.57. The molecule has 3 rings (SSSR count). The van der Waals surface area contributed by atoms with E-state index in [1.165, 1.54) is 0 Å². The summed E-state index contributed by atoms with van der Waals surface area (Å²) in [6, 6.07) is 2.05. The van der Waals surface area contributed by atoms with Gasteiger partial charge < -0.3 is 14.8 Å². The quantitative estimate of drug-likeness (QED) is 0.845. The van der Waals surface area contributed by atoms with Crippen molar-refractivity contribution in [2.45, 2.75) is 33.6 Å². The Hall–Kier alpha value is -1.71. The van der Waals surface area contributed by atoms with Crippen molar-refractivity contribution in [3.05, 3.63) is 17.2 Å². The Morgan fingerprint density at radius 3 is 2.68 bits per heavy atom. The smallest absolute Gasteiger partial charge is 0.229 e. The first kappa shape index (κ1) is 12.3. The van der Waals surface area contributed by atoms with E-state index < -0.39 is 5.41 Å². The Labute approximate surface area is 113 Å². The second-order valence-corrected chi connectivity index (χ2v) is 6.12. The second kappa shape index (κ2) is 4.15. The number of hydrogen-bond acceptors (Lipinski definition) is 3. The van der Waals surface area contributed by atoms with Crippen molar-refractivity contribution >= 4 is 11.6 Å². The van der Waals surface area contributed by atoms with Crippen LogP contribution in [0.25, 0.3) is 0 Å². The van der Waals surface area contributed by atoms with Crippen molar-refractivity contribution in [1.29, 1.82) is 0 Å². The van der Waals surface area contributed by atoms with Crippen molar-refractivity contribution < 1.29 is 14.3 Å². The molecule has 2 aliphatic rings. The fraction of sp³-hybridized carbons (Fsp3) is 0.533. The largest absolute Gasteiger partial charge is 0.493 e. The van der Waals surface area contributed by atoms with Crippen LogP contribution in [0.3, 0.4) is 0 Å². The predicted molar refractivity (Wildman–Crippen MR) is 72.9 cm³/mol. The standard InChI is InChI=1S/C15H19NO3/c1-15(2,3)14(17)16-12-10-5-7-18-11(10)8-9-4-6-19-13(9)12/h8H,4-7H2,1-3H3,(H,16,17). The number of benzene rings is 1. The molecule has 0 aliphatic carbocycles. The van der Waals surface area contributed by atoms with Gasteiger partial charge in [0.1, 0.15) is 11.5 Å². The van der Waals surface area contributed by atoms with Crippen LogP contribution in [0.15, 0.2) is 6.07 Å². The summed E-state index contributed by atoms with van der Waals surface area (Å²) in [5.41, 5.74) is 2.60. The van der Waals surface area contributed by atoms with Crippen LogP contribution >= 0.6 is 0 Å². The molecule has 19 heavy (non-hydrogen) atoms. The predicted octanol–water partition coefficient (Wildman–Crippen LogP) is 2.54. The van der Waals surface area contributed by atoms with Crippen LogP contribution in [0.4, 0.5) is 5.69 Å². The van der Waals surface area contributed by atoms with Crippen LogP contribution in [0, 0.1) is 5.41 Å². The molecule has 0 spiro atoms. The molecule has 1 amide bonds. The van der Waals surface area contributed by atoms with E-state index in [1.807, 2.05) is 20.8 Å². The molecule has 0 atom stereocenters. The molecule has 0 saturated heterocycles. The topological polar surface area (TPSA) is 47.6 Å². The lowest BCUT2D eigenvalue weighted by molar-refractivity contribution is -0.123. The first-order valence-electron chi connectivity index (χ1n) is 6.72. The molecule has 1 aromatic carbocycles. The average Bonchev–Trinajstić information content (AvgIpc) is 2.94. The van der Waals surface area contributed by atoms with Crippen LogP contribution in [0.5, 0.6) is 11.5 Å². The number of nitrogens with one attached hydrogen (secondary N) is 1. The molecular formula is C15H19NO3. The van der Waals surface area contributed by atoms with Crippen LogP contribution in [-0.2, 0) is 17.6 Å². The van der Waals surface area contributed by atoms with Gasteiger partial charge in [0.15, 0.2) is 0 Å². The van der Waals surface area contributed by atoms with Crippen molar-refractivity contribution in [3.63, 3.8) is 0 Å². The molecule has 102 valence electrons. The summed E-state index contributed by atoms with van der Waals surface area (Å²) >= 11 is 0. The van der Waals surface area contributed by atoms with Gasteiger partial charge in [-0.2, -0.15) is 0 Å². The van der Waals surface area contributed by atoms with Gasteiger partial charge in [-0.25, -0.2) is 0 Å². The third-order valence-electron chi connectivity index (χ3n) is 3.57. The highest BCUT2D eigenvalue weighted by Gasteiger charge is 2.30. The normalized spacial score (nSPS) is 16.4. The molecule has 2 heterocycles. The van der Waals surface area contributed by atoms with Crippen LogP contribution in [0.2, 0.25) is 0 Å². The van der Waals surface area contributed by atoms with E-state index in [1.54, 1.807) is 0 Å². The van der Waals surface area contributed by atoms with Gasteiger partial charge >= 0.3 is 0 Å². The molecule has 0 fully saturated rings. The SMILES string of the molecule is CC(C)(C)C(=O)Nc1c2c(cc3c1OCC3)OCC2. The highest BCUT2D eigenvalue weighted by atomic mass is 16.5. The van der Waals surface area contributed by atoms with Crippen LogP contribution in [-0.4, -0.2) is 19.1 Å². The molecule has 0 unspecified atom stereocenters. The van der Waals surface area contributed by atoms with Crippen molar-refractivity contribution in [3.8, 4) is 11.5 Å². The lowest BCUT2D eigenvalue weighted by Crippen LogP contribution is -2.28. The summed E-state index contributed by atoms with van der Waals surface area (Å²) in [4.78, 5) is 12.2. The van der Waals surface area contributed by atoms with Gasteiger partial charge in [-0.3, -0.25) is 4.79 Å². The zero-order chi connectivity index (χ0) is 13.6. The van der Waals surface area contributed by atoms with Crippen molar-refractivity contribution in [2.75, 3.05) is 18.5 Å². The van der Waals surface area contributed by atoms with E-state index in [0.29, 0.717) is 13.2 Å². The molecule has 0 radical (unpaired) electrons. The Bertz CT molecular complexity index is 511. The average molecular weight is 261 g/mol. The number of anilines is 1. The molecule has 4 nitrogen and oxygen atoms in total. The van der Waals surface area contributed by atoms with Gasteiger partial charge in [-0.1, -0.05) is 20.8 Å². The molecular weight excluding hydrogens is 242 g/mol. The second-order valence-electron chi connectivity index (χ2n) is 6.12. The van der Waals surface area contributed by atoms with Gasteiger partial charge in [0, 0.05) is 29.4 Å². The summed E-state index contributed by atoms with van der Waals surface area (Å²) in [7, 11) is 0. The number of hydrogen-bond donors (Lipinski definition) is 1. The van der Waals surface area contributed by atoms with Crippen molar-refractivity contribution in [2.24, 2.45) is 5.41 Å². The van der Waals surface area contributed by atoms with Gasteiger partial charge in [0.05, 0.1) is 18.9 Å². The van der Waals surface area contributed by atoms with Gasteiger partial charge in [-0.05, 0) is 6.07 Å².